The maximum Gasteiger partial charge on any atom is 0.243 e. The Morgan fingerprint density at radius 1 is 1.38 bits per heavy atom. The van der Waals surface area contributed by atoms with Gasteiger partial charge in [-0.25, -0.2) is 12.8 Å². The van der Waals surface area contributed by atoms with Gasteiger partial charge in [-0.3, -0.25) is 0 Å². The van der Waals surface area contributed by atoms with E-state index in [-0.39, 0.29) is 16.6 Å². The zero-order valence-electron chi connectivity index (χ0n) is 11.8. The molecule has 7 heteroatoms. The first-order valence-electron chi connectivity index (χ1n) is 6.37. The Morgan fingerprint density at radius 3 is 2.67 bits per heavy atom. The molecule has 21 heavy (non-hydrogen) atoms. The van der Waals surface area contributed by atoms with Crippen LogP contribution in [-0.2, 0) is 16.4 Å². The zero-order valence-corrected chi connectivity index (χ0v) is 13.4. The van der Waals surface area contributed by atoms with E-state index in [1.54, 1.807) is 11.3 Å². The Kier molecular flexibility index (Phi) is 4.65. The molecule has 2 N–H and O–H groups in total. The number of anilines is 1. The van der Waals surface area contributed by atoms with Crippen LogP contribution >= 0.6 is 11.3 Å². The van der Waals surface area contributed by atoms with Crippen molar-refractivity contribution in [3.63, 3.8) is 0 Å². The molecule has 1 heterocycles. The van der Waals surface area contributed by atoms with Crippen LogP contribution in [0.2, 0.25) is 0 Å². The van der Waals surface area contributed by atoms with Crippen LogP contribution in [0.4, 0.5) is 10.1 Å². The lowest BCUT2D eigenvalue weighted by Gasteiger charge is -2.24. The predicted molar refractivity (Wildman–Crippen MR) is 83.2 cm³/mol. The molecule has 0 bridgehead atoms. The summed E-state index contributed by atoms with van der Waals surface area (Å²) in [5.41, 5.74) is 5.61. The van der Waals surface area contributed by atoms with Crippen LogP contribution in [0, 0.1) is 5.82 Å². The standard InChI is InChI=1S/C14H17FN2O2S2/c1-10(6-13-4-3-5-20-13)17(2)21(18,19)14-8-11(15)7-12(16)9-14/h3-5,7-10H,6,16H2,1-2H3. The van der Waals surface area contributed by atoms with E-state index < -0.39 is 15.8 Å². The Labute approximate surface area is 128 Å². The highest BCUT2D eigenvalue weighted by molar-refractivity contribution is 7.89. The molecule has 0 radical (unpaired) electrons. The molecule has 1 unspecified atom stereocenters. The molecule has 0 amide bonds. The van der Waals surface area contributed by atoms with Crippen molar-refractivity contribution in [3.8, 4) is 0 Å². The number of thiophene rings is 1. The summed E-state index contributed by atoms with van der Waals surface area (Å²) in [6.45, 7) is 1.82. The van der Waals surface area contributed by atoms with Crippen molar-refractivity contribution in [2.45, 2.75) is 24.3 Å². The van der Waals surface area contributed by atoms with E-state index in [0.29, 0.717) is 6.42 Å². The summed E-state index contributed by atoms with van der Waals surface area (Å²) in [5, 5.41) is 1.95. The molecule has 1 atom stereocenters. The van der Waals surface area contributed by atoms with Crippen molar-refractivity contribution in [2.24, 2.45) is 0 Å². The van der Waals surface area contributed by atoms with Gasteiger partial charge in [0.05, 0.1) is 4.90 Å². The van der Waals surface area contributed by atoms with Gasteiger partial charge in [0.1, 0.15) is 5.82 Å². The van der Waals surface area contributed by atoms with Crippen LogP contribution in [0.15, 0.2) is 40.6 Å². The Hall–Kier alpha value is -1.44. The zero-order chi connectivity index (χ0) is 15.6. The van der Waals surface area contributed by atoms with E-state index in [2.05, 4.69) is 0 Å². The number of nitrogen functional groups attached to an aromatic ring is 1. The number of nitrogens with zero attached hydrogens (tertiary/aromatic N) is 1. The first-order chi connectivity index (χ1) is 9.80. The highest BCUT2D eigenvalue weighted by Crippen LogP contribution is 2.22. The molecular weight excluding hydrogens is 311 g/mol. The van der Waals surface area contributed by atoms with Crippen LogP contribution in [0.25, 0.3) is 0 Å². The molecule has 0 saturated heterocycles. The summed E-state index contributed by atoms with van der Waals surface area (Å²) >= 11 is 1.58. The summed E-state index contributed by atoms with van der Waals surface area (Å²) in [6, 6.07) is 7.00. The smallest absolute Gasteiger partial charge is 0.243 e. The fourth-order valence-corrected chi connectivity index (χ4v) is 4.24. The molecule has 4 nitrogen and oxygen atoms in total. The molecule has 0 aliphatic carbocycles. The van der Waals surface area contributed by atoms with Gasteiger partial charge < -0.3 is 5.73 Å². The van der Waals surface area contributed by atoms with E-state index in [0.717, 1.165) is 17.0 Å². The van der Waals surface area contributed by atoms with Gasteiger partial charge in [0.2, 0.25) is 10.0 Å². The summed E-state index contributed by atoms with van der Waals surface area (Å²) < 4.78 is 39.6. The lowest BCUT2D eigenvalue weighted by molar-refractivity contribution is 0.388. The van der Waals surface area contributed by atoms with Crippen molar-refractivity contribution in [3.05, 3.63) is 46.4 Å². The van der Waals surface area contributed by atoms with Crippen LogP contribution < -0.4 is 5.73 Å². The molecule has 2 aromatic rings. The van der Waals surface area contributed by atoms with E-state index in [1.165, 1.54) is 17.4 Å². The number of likely N-dealkylation sites (N-methyl/N-ethyl adjacent to an activating group) is 1. The quantitative estimate of drug-likeness (QED) is 0.858. The van der Waals surface area contributed by atoms with Gasteiger partial charge in [0.15, 0.2) is 0 Å². The number of nitrogens with two attached hydrogens (primary N) is 1. The second kappa shape index (κ2) is 6.13. The molecule has 1 aromatic heterocycles. The molecular formula is C14H17FN2O2S2. The molecule has 2 rings (SSSR count). The predicted octanol–water partition coefficient (Wildman–Crippen LogP) is 2.72. The maximum absolute atomic E-state index is 13.4. The number of benzene rings is 1. The molecule has 1 aromatic carbocycles. The van der Waals surface area contributed by atoms with Crippen LogP contribution in [0.1, 0.15) is 11.8 Å². The highest BCUT2D eigenvalue weighted by Gasteiger charge is 2.26. The van der Waals surface area contributed by atoms with Gasteiger partial charge in [-0.1, -0.05) is 6.07 Å². The SMILES string of the molecule is CC(Cc1cccs1)N(C)S(=O)(=O)c1cc(N)cc(F)c1. The number of halogens is 1. The third-order valence-electron chi connectivity index (χ3n) is 3.27. The van der Waals surface area contributed by atoms with Crippen molar-refractivity contribution in [1.82, 2.24) is 4.31 Å². The van der Waals surface area contributed by atoms with Gasteiger partial charge in [-0.15, -0.1) is 11.3 Å². The Morgan fingerprint density at radius 2 is 2.10 bits per heavy atom. The maximum atomic E-state index is 13.4. The lowest BCUT2D eigenvalue weighted by atomic mass is 10.2. The summed E-state index contributed by atoms with van der Waals surface area (Å²) in [4.78, 5) is 0.976. The van der Waals surface area contributed by atoms with E-state index in [9.17, 15) is 12.8 Å². The second-order valence-corrected chi connectivity index (χ2v) is 7.90. The molecule has 0 aliphatic rings. The normalized spacial score (nSPS) is 13.5. The third-order valence-corrected chi connectivity index (χ3v) is 6.12. The van der Waals surface area contributed by atoms with E-state index >= 15 is 0 Å². The number of sulfonamides is 1. The molecule has 114 valence electrons. The van der Waals surface area contributed by atoms with E-state index in [1.807, 2.05) is 24.4 Å². The molecule has 0 saturated carbocycles. The first-order valence-corrected chi connectivity index (χ1v) is 8.69. The van der Waals surface area contributed by atoms with Crippen LogP contribution in [-0.4, -0.2) is 25.8 Å². The first kappa shape index (κ1) is 15.9. The average Bonchev–Trinajstić information content (AvgIpc) is 2.89. The molecule has 0 fully saturated rings. The van der Waals surface area contributed by atoms with Gasteiger partial charge in [0, 0.05) is 23.7 Å². The van der Waals surface area contributed by atoms with Gasteiger partial charge in [-0.2, -0.15) is 4.31 Å². The molecule has 0 aliphatic heterocycles. The minimum Gasteiger partial charge on any atom is -0.399 e. The lowest BCUT2D eigenvalue weighted by Crippen LogP contribution is -2.36. The van der Waals surface area contributed by atoms with Gasteiger partial charge in [-0.05, 0) is 43.0 Å². The number of rotatable bonds is 5. The van der Waals surface area contributed by atoms with E-state index in [4.69, 9.17) is 5.73 Å². The fraction of sp³-hybridized carbons (Fsp3) is 0.286. The molecule has 0 spiro atoms. The fourth-order valence-electron chi connectivity index (χ4n) is 1.98. The number of hydrogen-bond donors (Lipinski definition) is 1. The minimum absolute atomic E-state index is 0.0906. The summed E-state index contributed by atoms with van der Waals surface area (Å²) in [7, 11) is -2.27. The van der Waals surface area contributed by atoms with Crippen molar-refractivity contribution in [1.29, 1.82) is 0 Å². The summed E-state index contributed by atoms with van der Waals surface area (Å²) in [5.74, 6) is -0.659. The summed E-state index contributed by atoms with van der Waals surface area (Å²) in [6.07, 6.45) is 0.609. The average molecular weight is 328 g/mol. The van der Waals surface area contributed by atoms with Gasteiger partial charge in [0.25, 0.3) is 0 Å². The highest BCUT2D eigenvalue weighted by atomic mass is 32.2. The monoisotopic (exact) mass is 328 g/mol. The van der Waals surface area contributed by atoms with Crippen molar-refractivity contribution in [2.75, 3.05) is 12.8 Å². The van der Waals surface area contributed by atoms with Crippen LogP contribution in [0.5, 0.6) is 0 Å². The Bertz CT molecular complexity index is 694. The topological polar surface area (TPSA) is 63.4 Å². The minimum atomic E-state index is -3.77. The second-order valence-electron chi connectivity index (χ2n) is 4.87. The van der Waals surface area contributed by atoms with Crippen LogP contribution in [0.3, 0.4) is 0 Å². The van der Waals surface area contributed by atoms with Crippen molar-refractivity contribution < 1.29 is 12.8 Å². The number of hydrogen-bond acceptors (Lipinski definition) is 4. The largest absolute Gasteiger partial charge is 0.399 e. The van der Waals surface area contributed by atoms with Crippen molar-refractivity contribution >= 4 is 27.0 Å². The Balaban J connectivity index is 2.25. The third kappa shape index (κ3) is 3.61. The van der Waals surface area contributed by atoms with Gasteiger partial charge >= 0.3 is 0 Å².